The van der Waals surface area contributed by atoms with E-state index in [-0.39, 0.29) is 17.6 Å². The van der Waals surface area contributed by atoms with Gasteiger partial charge in [0.05, 0.1) is 6.10 Å². The number of rotatable bonds is 1. The standard InChI is InChI=1S/C20H32O6/c1-7-16-20(6,25)9-8-15(21)11(2)10-12(3)17(22)13(4)18(23)14(5)19(24)26-16/h8-9,11-14,16-17,22,25H,7,10H2,1-6H3. The van der Waals surface area contributed by atoms with E-state index in [0.29, 0.717) is 12.8 Å². The van der Waals surface area contributed by atoms with Crippen LogP contribution in [-0.4, -0.2) is 45.6 Å². The number of ether oxygens (including phenoxy) is 1. The van der Waals surface area contributed by atoms with Crippen LogP contribution >= 0.6 is 0 Å². The van der Waals surface area contributed by atoms with Gasteiger partial charge in [-0.15, -0.1) is 0 Å². The maximum atomic E-state index is 12.6. The number of Topliss-reactive ketones (excluding diaryl/α,β-unsaturated/α-hetero) is 1. The van der Waals surface area contributed by atoms with Gasteiger partial charge in [-0.05, 0) is 44.8 Å². The maximum absolute atomic E-state index is 12.6. The van der Waals surface area contributed by atoms with Crippen LogP contribution in [0, 0.1) is 23.7 Å². The Hall–Kier alpha value is -1.53. The number of esters is 1. The largest absolute Gasteiger partial charge is 0.458 e. The third-order valence-corrected chi connectivity index (χ3v) is 5.40. The van der Waals surface area contributed by atoms with E-state index in [9.17, 15) is 24.6 Å². The molecule has 0 aromatic heterocycles. The summed E-state index contributed by atoms with van der Waals surface area (Å²) in [4.78, 5) is 37.3. The molecule has 1 aliphatic rings. The molecule has 26 heavy (non-hydrogen) atoms. The second-order valence-corrected chi connectivity index (χ2v) is 7.81. The molecule has 0 aliphatic carbocycles. The van der Waals surface area contributed by atoms with Crippen molar-refractivity contribution in [3.8, 4) is 0 Å². The Labute approximate surface area is 155 Å². The average molecular weight is 368 g/mol. The number of hydrogen-bond donors (Lipinski definition) is 2. The average Bonchev–Trinajstić information content (AvgIpc) is 2.60. The van der Waals surface area contributed by atoms with Gasteiger partial charge in [-0.25, -0.2) is 0 Å². The molecule has 6 nitrogen and oxygen atoms in total. The van der Waals surface area contributed by atoms with Gasteiger partial charge in [0.25, 0.3) is 0 Å². The zero-order chi connectivity index (χ0) is 20.2. The normalized spacial score (nSPS) is 40.8. The van der Waals surface area contributed by atoms with Gasteiger partial charge in [-0.2, -0.15) is 0 Å². The summed E-state index contributed by atoms with van der Waals surface area (Å²) in [7, 11) is 0. The Bertz CT molecular complexity index is 565. The molecular weight excluding hydrogens is 336 g/mol. The van der Waals surface area contributed by atoms with E-state index in [0.717, 1.165) is 0 Å². The van der Waals surface area contributed by atoms with Crippen LogP contribution in [-0.2, 0) is 19.1 Å². The zero-order valence-corrected chi connectivity index (χ0v) is 16.6. The lowest BCUT2D eigenvalue weighted by Gasteiger charge is -2.31. The van der Waals surface area contributed by atoms with Gasteiger partial charge in [-0.3, -0.25) is 14.4 Å². The first-order valence-corrected chi connectivity index (χ1v) is 9.30. The van der Waals surface area contributed by atoms with Crippen LogP contribution < -0.4 is 0 Å². The van der Waals surface area contributed by atoms with E-state index in [1.54, 1.807) is 27.7 Å². The highest BCUT2D eigenvalue weighted by molar-refractivity contribution is 6.00. The minimum atomic E-state index is -1.52. The number of aliphatic hydroxyl groups excluding tert-OH is 1. The van der Waals surface area contributed by atoms with Gasteiger partial charge in [0.1, 0.15) is 17.6 Å². The molecule has 7 atom stereocenters. The quantitative estimate of drug-likeness (QED) is 0.543. The molecule has 0 amide bonds. The number of aliphatic hydroxyl groups is 2. The summed E-state index contributed by atoms with van der Waals surface area (Å²) in [5, 5.41) is 21.1. The molecule has 6 heteroatoms. The van der Waals surface area contributed by atoms with Crippen molar-refractivity contribution in [3.05, 3.63) is 12.2 Å². The van der Waals surface area contributed by atoms with Gasteiger partial charge < -0.3 is 14.9 Å². The lowest BCUT2D eigenvalue weighted by atomic mass is 9.81. The summed E-state index contributed by atoms with van der Waals surface area (Å²) < 4.78 is 5.36. The highest BCUT2D eigenvalue weighted by Crippen LogP contribution is 2.26. The van der Waals surface area contributed by atoms with E-state index < -0.39 is 41.4 Å². The molecule has 0 bridgehead atoms. The fraction of sp³-hybridized carbons (Fsp3) is 0.750. The van der Waals surface area contributed by atoms with E-state index in [4.69, 9.17) is 4.74 Å². The summed E-state index contributed by atoms with van der Waals surface area (Å²) in [6.07, 6.45) is 1.54. The summed E-state index contributed by atoms with van der Waals surface area (Å²) in [6, 6.07) is 0. The second kappa shape index (κ2) is 8.91. The lowest BCUT2D eigenvalue weighted by molar-refractivity contribution is -0.166. The number of ketones is 2. The van der Waals surface area contributed by atoms with Crippen LogP contribution in [0.4, 0.5) is 0 Å². The number of carbonyl (C=O) groups is 3. The summed E-state index contributed by atoms with van der Waals surface area (Å²) >= 11 is 0. The van der Waals surface area contributed by atoms with Gasteiger partial charge in [0.15, 0.2) is 11.6 Å². The SMILES string of the molecule is CCC1OC(=O)C(C)C(=O)C(C)C(O)C(C)CC(C)C(=O)C=CC1(C)O. The highest BCUT2D eigenvalue weighted by Gasteiger charge is 2.38. The van der Waals surface area contributed by atoms with Crippen molar-refractivity contribution in [2.24, 2.45) is 23.7 Å². The van der Waals surface area contributed by atoms with E-state index >= 15 is 0 Å². The number of hydrogen-bond acceptors (Lipinski definition) is 6. The highest BCUT2D eigenvalue weighted by atomic mass is 16.6. The molecule has 1 aliphatic heterocycles. The van der Waals surface area contributed by atoms with Crippen molar-refractivity contribution in [2.45, 2.75) is 72.2 Å². The van der Waals surface area contributed by atoms with Crippen LogP contribution in [0.3, 0.4) is 0 Å². The van der Waals surface area contributed by atoms with Crippen LogP contribution in [0.15, 0.2) is 12.2 Å². The predicted molar refractivity (Wildman–Crippen MR) is 97.2 cm³/mol. The molecule has 7 unspecified atom stereocenters. The molecule has 0 spiro atoms. The Balaban J connectivity index is 3.27. The molecule has 0 radical (unpaired) electrons. The van der Waals surface area contributed by atoms with E-state index in [1.165, 1.54) is 26.0 Å². The van der Waals surface area contributed by atoms with Crippen LogP contribution in [0.2, 0.25) is 0 Å². The summed E-state index contributed by atoms with van der Waals surface area (Å²) in [5.74, 6) is -3.78. The Morgan fingerprint density at radius 2 is 1.77 bits per heavy atom. The molecule has 0 aromatic carbocycles. The molecule has 0 saturated heterocycles. The molecule has 0 fully saturated rings. The fourth-order valence-corrected chi connectivity index (χ4v) is 3.37. The maximum Gasteiger partial charge on any atom is 0.316 e. The third kappa shape index (κ3) is 5.24. The first-order chi connectivity index (χ1) is 11.9. The monoisotopic (exact) mass is 368 g/mol. The Kier molecular flexibility index (Phi) is 7.71. The number of cyclic esters (lactones) is 1. The zero-order valence-electron chi connectivity index (χ0n) is 16.6. The van der Waals surface area contributed by atoms with E-state index in [1.807, 2.05) is 0 Å². The molecule has 1 rings (SSSR count). The second-order valence-electron chi connectivity index (χ2n) is 7.81. The molecule has 0 aromatic rings. The minimum Gasteiger partial charge on any atom is -0.458 e. The lowest BCUT2D eigenvalue weighted by Crippen LogP contribution is -2.44. The molecule has 0 saturated carbocycles. The van der Waals surface area contributed by atoms with Crippen molar-refractivity contribution >= 4 is 17.5 Å². The van der Waals surface area contributed by atoms with Gasteiger partial charge in [-0.1, -0.05) is 27.7 Å². The first-order valence-electron chi connectivity index (χ1n) is 9.30. The van der Waals surface area contributed by atoms with Crippen molar-refractivity contribution in [1.82, 2.24) is 0 Å². The fourth-order valence-electron chi connectivity index (χ4n) is 3.37. The topological polar surface area (TPSA) is 101 Å². The smallest absolute Gasteiger partial charge is 0.316 e. The Morgan fingerprint density at radius 3 is 2.31 bits per heavy atom. The van der Waals surface area contributed by atoms with Crippen LogP contribution in [0.25, 0.3) is 0 Å². The van der Waals surface area contributed by atoms with E-state index in [2.05, 4.69) is 0 Å². The molecular formula is C20H32O6. The predicted octanol–water partition coefficient (Wildman–Crippen LogP) is 2.06. The third-order valence-electron chi connectivity index (χ3n) is 5.40. The van der Waals surface area contributed by atoms with Crippen molar-refractivity contribution in [3.63, 3.8) is 0 Å². The first kappa shape index (κ1) is 22.5. The summed E-state index contributed by atoms with van der Waals surface area (Å²) in [5.41, 5.74) is -1.52. The van der Waals surface area contributed by atoms with Crippen molar-refractivity contribution in [1.29, 1.82) is 0 Å². The van der Waals surface area contributed by atoms with Crippen LogP contribution in [0.5, 0.6) is 0 Å². The van der Waals surface area contributed by atoms with Gasteiger partial charge in [0.2, 0.25) is 0 Å². The van der Waals surface area contributed by atoms with Crippen molar-refractivity contribution in [2.75, 3.05) is 0 Å². The van der Waals surface area contributed by atoms with Crippen LogP contribution in [0.1, 0.15) is 54.4 Å². The Morgan fingerprint density at radius 1 is 1.19 bits per heavy atom. The molecule has 1 heterocycles. The van der Waals surface area contributed by atoms with Crippen molar-refractivity contribution < 1.29 is 29.3 Å². The summed E-state index contributed by atoms with van der Waals surface area (Å²) in [6.45, 7) is 9.78. The molecule has 2 N–H and O–H groups in total. The van der Waals surface area contributed by atoms with Gasteiger partial charge in [0, 0.05) is 11.8 Å². The molecule has 148 valence electrons. The van der Waals surface area contributed by atoms with Gasteiger partial charge >= 0.3 is 5.97 Å². The number of carbonyl (C=O) groups excluding carboxylic acids is 3. The minimum absolute atomic E-state index is 0.185. The number of allylic oxidation sites excluding steroid dienone is 1.